The third-order valence-electron chi connectivity index (χ3n) is 6.59. The minimum atomic E-state index is 0.925. The topological polar surface area (TPSA) is 16.1 Å². The van der Waals surface area contributed by atoms with E-state index in [9.17, 15) is 0 Å². The van der Waals surface area contributed by atoms with Gasteiger partial charge in [-0.1, -0.05) is 48.5 Å². The highest BCUT2D eigenvalue weighted by Gasteiger charge is 2.34. The number of para-hydroxylation sites is 1. The molecule has 0 atom stereocenters. The lowest BCUT2D eigenvalue weighted by Gasteiger charge is -2.39. The summed E-state index contributed by atoms with van der Waals surface area (Å²) in [6, 6.07) is 24.5. The number of benzene rings is 3. The van der Waals surface area contributed by atoms with Gasteiger partial charge in [-0.3, -0.25) is 4.98 Å². The molecular weight excluding hydrogens is 340 g/mol. The standard InChI is InChI=1S/C26H18N2/c1-3-7-19-16(5-1)14-21-20(19)9-10-25-22(21)15-23-26-18(11-12-27-23)13-17-6-2-4-8-24(17)28(25)26/h1-12H,13-15H2. The molecular formula is C26H18N2. The fraction of sp³-hybridized carbons (Fsp3) is 0.115. The smallest absolute Gasteiger partial charge is 0.0716 e. The van der Waals surface area contributed by atoms with Gasteiger partial charge in [-0.15, -0.1) is 0 Å². The molecule has 0 fully saturated rings. The van der Waals surface area contributed by atoms with Gasteiger partial charge in [0.05, 0.1) is 17.1 Å². The Morgan fingerprint density at radius 3 is 2.43 bits per heavy atom. The SMILES string of the molecule is c1ccc2c(c1)Cc1c-2ccc2c1Cc1nccc3c1N2c1ccccc1C3. The van der Waals surface area contributed by atoms with Crippen LogP contribution < -0.4 is 4.90 Å². The second kappa shape index (κ2) is 5.11. The molecule has 7 rings (SSSR count). The first-order chi connectivity index (χ1) is 13.9. The van der Waals surface area contributed by atoms with Gasteiger partial charge >= 0.3 is 0 Å². The first kappa shape index (κ1) is 14.6. The number of fused-ring (bicyclic) bond motifs is 8. The van der Waals surface area contributed by atoms with Crippen LogP contribution in [-0.4, -0.2) is 4.98 Å². The Morgan fingerprint density at radius 1 is 0.607 bits per heavy atom. The maximum absolute atomic E-state index is 4.82. The molecule has 0 unspecified atom stereocenters. The summed E-state index contributed by atoms with van der Waals surface area (Å²) in [6.07, 6.45) is 4.93. The molecule has 0 amide bonds. The van der Waals surface area contributed by atoms with E-state index in [-0.39, 0.29) is 0 Å². The average Bonchev–Trinajstić information content (AvgIpc) is 3.13. The first-order valence-corrected chi connectivity index (χ1v) is 9.96. The molecule has 0 radical (unpaired) electrons. The van der Waals surface area contributed by atoms with Crippen molar-refractivity contribution in [2.75, 3.05) is 4.90 Å². The van der Waals surface area contributed by atoms with Crippen molar-refractivity contribution in [1.29, 1.82) is 0 Å². The van der Waals surface area contributed by atoms with E-state index in [0.29, 0.717) is 0 Å². The van der Waals surface area contributed by atoms with E-state index in [1.54, 1.807) is 0 Å². The monoisotopic (exact) mass is 358 g/mol. The van der Waals surface area contributed by atoms with Gasteiger partial charge in [-0.05, 0) is 63.6 Å². The normalized spacial score (nSPS) is 14.6. The summed E-state index contributed by atoms with van der Waals surface area (Å²) in [7, 11) is 0. The predicted molar refractivity (Wildman–Crippen MR) is 113 cm³/mol. The van der Waals surface area contributed by atoms with Crippen LogP contribution in [0.2, 0.25) is 0 Å². The van der Waals surface area contributed by atoms with Crippen LogP contribution in [0, 0.1) is 0 Å². The third-order valence-corrected chi connectivity index (χ3v) is 6.59. The second-order valence-corrected chi connectivity index (χ2v) is 8.01. The Hall–Kier alpha value is -3.39. The second-order valence-electron chi connectivity index (χ2n) is 8.01. The Labute approximate surface area is 164 Å². The van der Waals surface area contributed by atoms with Gasteiger partial charge in [-0.25, -0.2) is 0 Å². The van der Waals surface area contributed by atoms with Crippen molar-refractivity contribution in [3.63, 3.8) is 0 Å². The van der Waals surface area contributed by atoms with E-state index in [2.05, 4.69) is 71.6 Å². The largest absolute Gasteiger partial charge is 0.308 e. The minimum absolute atomic E-state index is 0.925. The number of hydrogen-bond acceptors (Lipinski definition) is 2. The fourth-order valence-corrected chi connectivity index (χ4v) is 5.38. The van der Waals surface area contributed by atoms with Crippen LogP contribution in [0.15, 0.2) is 72.9 Å². The van der Waals surface area contributed by atoms with Crippen LogP contribution in [0.4, 0.5) is 17.1 Å². The molecule has 3 aromatic carbocycles. The van der Waals surface area contributed by atoms with Crippen molar-refractivity contribution in [2.45, 2.75) is 19.3 Å². The van der Waals surface area contributed by atoms with Gasteiger partial charge in [-0.2, -0.15) is 0 Å². The maximum atomic E-state index is 4.82. The highest BCUT2D eigenvalue weighted by Crippen LogP contribution is 2.52. The van der Waals surface area contributed by atoms with E-state index in [4.69, 9.17) is 4.98 Å². The van der Waals surface area contributed by atoms with Crippen LogP contribution in [0.3, 0.4) is 0 Å². The molecule has 132 valence electrons. The van der Waals surface area contributed by atoms with Crippen molar-refractivity contribution in [3.8, 4) is 11.1 Å². The van der Waals surface area contributed by atoms with Gasteiger partial charge in [0.15, 0.2) is 0 Å². The van der Waals surface area contributed by atoms with Crippen molar-refractivity contribution >= 4 is 17.1 Å². The zero-order chi connectivity index (χ0) is 18.2. The zero-order valence-corrected chi connectivity index (χ0v) is 15.4. The molecule has 0 bridgehead atoms. The summed E-state index contributed by atoms with van der Waals surface area (Å²) >= 11 is 0. The molecule has 1 aliphatic carbocycles. The third kappa shape index (κ3) is 1.75. The summed E-state index contributed by atoms with van der Waals surface area (Å²) in [5.74, 6) is 0. The molecule has 4 aromatic rings. The predicted octanol–water partition coefficient (Wildman–Crippen LogP) is 5.93. The summed E-state index contributed by atoms with van der Waals surface area (Å²) in [5.41, 5.74) is 15.1. The van der Waals surface area contributed by atoms with E-state index >= 15 is 0 Å². The lowest BCUT2D eigenvalue weighted by atomic mass is 9.86. The Kier molecular flexibility index (Phi) is 2.67. The summed E-state index contributed by atoms with van der Waals surface area (Å²) in [4.78, 5) is 7.29. The van der Waals surface area contributed by atoms with Crippen molar-refractivity contribution < 1.29 is 0 Å². The van der Waals surface area contributed by atoms with Gasteiger partial charge in [0.2, 0.25) is 0 Å². The summed E-state index contributed by atoms with van der Waals surface area (Å²) in [6.45, 7) is 0. The van der Waals surface area contributed by atoms with E-state index in [1.165, 1.54) is 61.7 Å². The van der Waals surface area contributed by atoms with Gasteiger partial charge in [0.25, 0.3) is 0 Å². The van der Waals surface area contributed by atoms with Crippen LogP contribution in [-0.2, 0) is 19.3 Å². The molecule has 0 spiro atoms. The molecule has 0 N–H and O–H groups in total. The van der Waals surface area contributed by atoms with Gasteiger partial charge < -0.3 is 4.90 Å². The Bertz CT molecular complexity index is 1300. The van der Waals surface area contributed by atoms with Crippen molar-refractivity contribution in [1.82, 2.24) is 4.98 Å². The number of hydrogen-bond donors (Lipinski definition) is 0. The molecule has 28 heavy (non-hydrogen) atoms. The van der Waals surface area contributed by atoms with Crippen LogP contribution >= 0.6 is 0 Å². The van der Waals surface area contributed by atoms with Crippen molar-refractivity contribution in [2.24, 2.45) is 0 Å². The molecule has 3 aliphatic rings. The maximum Gasteiger partial charge on any atom is 0.0716 e. The Morgan fingerprint density at radius 2 is 1.46 bits per heavy atom. The number of nitrogens with zero attached hydrogens (tertiary/aromatic N) is 2. The zero-order valence-electron chi connectivity index (χ0n) is 15.4. The molecule has 2 nitrogen and oxygen atoms in total. The lowest BCUT2D eigenvalue weighted by Crippen LogP contribution is -2.26. The molecule has 0 saturated carbocycles. The number of aromatic nitrogens is 1. The molecule has 0 saturated heterocycles. The Balaban J connectivity index is 1.52. The van der Waals surface area contributed by atoms with Crippen LogP contribution in [0.5, 0.6) is 0 Å². The lowest BCUT2D eigenvalue weighted by molar-refractivity contribution is 0.949. The van der Waals surface area contributed by atoms with E-state index in [1.807, 2.05) is 6.20 Å². The molecule has 3 heterocycles. The average molecular weight is 358 g/mol. The van der Waals surface area contributed by atoms with E-state index in [0.717, 1.165) is 19.3 Å². The van der Waals surface area contributed by atoms with E-state index < -0.39 is 0 Å². The quantitative estimate of drug-likeness (QED) is 0.334. The van der Waals surface area contributed by atoms with Crippen LogP contribution in [0.25, 0.3) is 11.1 Å². The summed E-state index contributed by atoms with van der Waals surface area (Å²) in [5, 5.41) is 0. The molecule has 2 heteroatoms. The van der Waals surface area contributed by atoms with Crippen molar-refractivity contribution in [3.05, 3.63) is 106 Å². The minimum Gasteiger partial charge on any atom is -0.308 e. The highest BCUT2D eigenvalue weighted by molar-refractivity contribution is 5.91. The number of rotatable bonds is 0. The fourth-order valence-electron chi connectivity index (χ4n) is 5.38. The van der Waals surface area contributed by atoms with Gasteiger partial charge in [0.1, 0.15) is 0 Å². The van der Waals surface area contributed by atoms with Gasteiger partial charge in [0, 0.05) is 24.7 Å². The number of pyridine rings is 1. The van der Waals surface area contributed by atoms with Crippen LogP contribution in [0.1, 0.15) is 33.5 Å². The molecule has 2 aliphatic heterocycles. The number of anilines is 3. The summed E-state index contributed by atoms with van der Waals surface area (Å²) < 4.78 is 0. The highest BCUT2D eigenvalue weighted by atomic mass is 15.2. The molecule has 1 aromatic heterocycles. The first-order valence-electron chi connectivity index (χ1n) is 9.96.